The van der Waals surface area contributed by atoms with E-state index in [0.29, 0.717) is 13.2 Å². The van der Waals surface area contributed by atoms with Crippen molar-refractivity contribution < 1.29 is 17.9 Å². The molecular weight excluding hydrogens is 400 g/mol. The van der Waals surface area contributed by atoms with Gasteiger partial charge in [-0.15, -0.1) is 0 Å². The van der Waals surface area contributed by atoms with E-state index >= 15 is 0 Å². The molecule has 0 aliphatic carbocycles. The maximum Gasteiger partial charge on any atom is 0.224 e. The van der Waals surface area contributed by atoms with E-state index in [1.807, 2.05) is 43.3 Å². The number of amides is 1. The Kier molecular flexibility index (Phi) is 6.74. The fourth-order valence-corrected chi connectivity index (χ4v) is 3.99. The molecular formula is C23H26N2O4S. The Morgan fingerprint density at radius 2 is 1.73 bits per heavy atom. The zero-order chi connectivity index (χ0) is 21.7. The van der Waals surface area contributed by atoms with Crippen LogP contribution in [0.15, 0.2) is 65.6 Å². The highest BCUT2D eigenvalue weighted by atomic mass is 32.2. The first kappa shape index (κ1) is 21.8. The lowest BCUT2D eigenvalue weighted by Crippen LogP contribution is -2.28. The fourth-order valence-electron chi connectivity index (χ4n) is 3.36. The Bertz CT molecular complexity index is 1120. The van der Waals surface area contributed by atoms with Crippen LogP contribution in [0.1, 0.15) is 11.3 Å². The predicted octanol–water partition coefficient (Wildman–Crippen LogP) is 3.16. The van der Waals surface area contributed by atoms with Crippen molar-refractivity contribution in [3.63, 3.8) is 0 Å². The molecule has 0 bridgehead atoms. The van der Waals surface area contributed by atoms with Crippen LogP contribution in [-0.2, 0) is 25.8 Å². The van der Waals surface area contributed by atoms with Crippen molar-refractivity contribution in [3.8, 4) is 16.9 Å². The highest BCUT2D eigenvalue weighted by Crippen LogP contribution is 2.30. The third-order valence-electron chi connectivity index (χ3n) is 4.92. The lowest BCUT2D eigenvalue weighted by atomic mass is 10.1. The van der Waals surface area contributed by atoms with Gasteiger partial charge in [0.1, 0.15) is 0 Å². The van der Waals surface area contributed by atoms with Gasteiger partial charge in [0.25, 0.3) is 0 Å². The molecule has 7 heteroatoms. The number of methoxy groups -OCH3 is 1. The van der Waals surface area contributed by atoms with E-state index in [9.17, 15) is 13.2 Å². The lowest BCUT2D eigenvalue weighted by Gasteiger charge is -2.13. The molecule has 3 aromatic rings. The van der Waals surface area contributed by atoms with Gasteiger partial charge in [0.15, 0.2) is 9.84 Å². The maximum atomic E-state index is 12.3. The van der Waals surface area contributed by atoms with Crippen molar-refractivity contribution in [3.05, 3.63) is 71.9 Å². The monoisotopic (exact) mass is 426 g/mol. The normalized spacial score (nSPS) is 11.4. The molecule has 0 unspecified atom stereocenters. The van der Waals surface area contributed by atoms with Gasteiger partial charge >= 0.3 is 0 Å². The van der Waals surface area contributed by atoms with Gasteiger partial charge in [-0.2, -0.15) is 0 Å². The van der Waals surface area contributed by atoms with Crippen molar-refractivity contribution in [1.82, 2.24) is 9.88 Å². The lowest BCUT2D eigenvalue weighted by molar-refractivity contribution is -0.120. The average Bonchev–Trinajstić information content (AvgIpc) is 3.04. The van der Waals surface area contributed by atoms with Crippen molar-refractivity contribution >= 4 is 15.7 Å². The largest absolute Gasteiger partial charge is 0.383 e. The Balaban J connectivity index is 2.02. The minimum atomic E-state index is -3.26. The maximum absolute atomic E-state index is 12.3. The average molecular weight is 427 g/mol. The van der Waals surface area contributed by atoms with Gasteiger partial charge in [-0.25, -0.2) is 8.42 Å². The molecule has 2 aromatic carbocycles. The minimum absolute atomic E-state index is 0.0701. The zero-order valence-corrected chi connectivity index (χ0v) is 18.2. The van der Waals surface area contributed by atoms with Crippen LogP contribution in [0.3, 0.4) is 0 Å². The number of sulfone groups is 1. The quantitative estimate of drug-likeness (QED) is 0.562. The SMILES string of the molecule is COCCNC(=O)Cc1cc(-c2ccc(S(C)(=O)=O)cc2)n(-c2ccccc2)c1C. The van der Waals surface area contributed by atoms with Crippen LogP contribution < -0.4 is 5.32 Å². The summed E-state index contributed by atoms with van der Waals surface area (Å²) in [5, 5.41) is 2.85. The molecule has 6 nitrogen and oxygen atoms in total. The minimum Gasteiger partial charge on any atom is -0.383 e. The summed E-state index contributed by atoms with van der Waals surface area (Å²) >= 11 is 0. The third kappa shape index (κ3) is 4.98. The van der Waals surface area contributed by atoms with Gasteiger partial charge in [-0.05, 0) is 48.4 Å². The van der Waals surface area contributed by atoms with E-state index in [1.165, 1.54) is 6.26 Å². The van der Waals surface area contributed by atoms with E-state index in [2.05, 4.69) is 9.88 Å². The fraction of sp³-hybridized carbons (Fsp3) is 0.261. The number of ether oxygens (including phenoxy) is 1. The molecule has 0 aliphatic heterocycles. The topological polar surface area (TPSA) is 77.4 Å². The second kappa shape index (κ2) is 9.28. The van der Waals surface area contributed by atoms with E-state index in [0.717, 1.165) is 28.2 Å². The molecule has 0 radical (unpaired) electrons. The van der Waals surface area contributed by atoms with Gasteiger partial charge in [0, 0.05) is 31.3 Å². The highest BCUT2D eigenvalue weighted by molar-refractivity contribution is 7.90. The summed E-state index contributed by atoms with van der Waals surface area (Å²) in [4.78, 5) is 12.6. The van der Waals surface area contributed by atoms with Crippen LogP contribution in [0, 0.1) is 6.92 Å². The molecule has 0 aliphatic rings. The van der Waals surface area contributed by atoms with Gasteiger partial charge in [-0.3, -0.25) is 4.79 Å². The van der Waals surface area contributed by atoms with Crippen molar-refractivity contribution in [2.75, 3.05) is 26.5 Å². The number of aromatic nitrogens is 1. The number of rotatable bonds is 8. The van der Waals surface area contributed by atoms with Gasteiger partial charge < -0.3 is 14.6 Å². The zero-order valence-electron chi connectivity index (χ0n) is 17.4. The van der Waals surface area contributed by atoms with Crippen LogP contribution in [0.25, 0.3) is 16.9 Å². The molecule has 1 amide bonds. The summed E-state index contributed by atoms with van der Waals surface area (Å²) in [5.74, 6) is -0.0701. The Morgan fingerprint density at radius 1 is 1.07 bits per heavy atom. The summed E-state index contributed by atoms with van der Waals surface area (Å²) in [6, 6.07) is 18.7. The number of benzene rings is 2. The smallest absolute Gasteiger partial charge is 0.224 e. The van der Waals surface area contributed by atoms with Crippen LogP contribution in [0.2, 0.25) is 0 Å². The predicted molar refractivity (Wildman–Crippen MR) is 118 cm³/mol. The van der Waals surface area contributed by atoms with Gasteiger partial charge in [0.2, 0.25) is 5.91 Å². The van der Waals surface area contributed by atoms with Gasteiger partial charge in [-0.1, -0.05) is 30.3 Å². The van der Waals surface area contributed by atoms with E-state index < -0.39 is 9.84 Å². The number of carbonyl (C=O) groups excluding carboxylic acids is 1. The summed E-state index contributed by atoms with van der Waals surface area (Å²) in [5.41, 5.74) is 4.63. The Morgan fingerprint density at radius 3 is 2.33 bits per heavy atom. The van der Waals surface area contributed by atoms with Gasteiger partial charge in [0.05, 0.1) is 23.6 Å². The summed E-state index contributed by atoms with van der Waals surface area (Å²) in [6.07, 6.45) is 1.45. The molecule has 0 spiro atoms. The molecule has 0 saturated heterocycles. The van der Waals surface area contributed by atoms with E-state index in [4.69, 9.17) is 4.74 Å². The third-order valence-corrected chi connectivity index (χ3v) is 6.05. The first-order valence-electron chi connectivity index (χ1n) is 9.64. The van der Waals surface area contributed by atoms with Crippen molar-refractivity contribution in [2.24, 2.45) is 0 Å². The molecule has 0 fully saturated rings. The number of hydrogen-bond donors (Lipinski definition) is 1. The Hall–Kier alpha value is -2.90. The number of para-hydroxylation sites is 1. The molecule has 3 rings (SSSR count). The highest BCUT2D eigenvalue weighted by Gasteiger charge is 2.17. The summed E-state index contributed by atoms with van der Waals surface area (Å²) in [6.45, 7) is 2.92. The number of nitrogens with one attached hydrogen (secondary N) is 1. The number of hydrogen-bond acceptors (Lipinski definition) is 4. The van der Waals surface area contributed by atoms with Crippen LogP contribution >= 0.6 is 0 Å². The van der Waals surface area contributed by atoms with Crippen molar-refractivity contribution in [1.29, 1.82) is 0 Å². The number of carbonyl (C=O) groups is 1. The standard InChI is InChI=1S/C23H26N2O4S/c1-17-19(16-23(26)24-13-14-29-2)15-22(25(17)20-7-5-4-6-8-20)18-9-11-21(12-10-18)30(3,27)28/h4-12,15H,13-14,16H2,1-3H3,(H,24,26). The van der Waals surface area contributed by atoms with E-state index in [1.54, 1.807) is 31.4 Å². The second-order valence-electron chi connectivity index (χ2n) is 7.13. The molecule has 158 valence electrons. The molecule has 1 heterocycles. The first-order chi connectivity index (χ1) is 14.3. The van der Waals surface area contributed by atoms with Crippen molar-refractivity contribution in [2.45, 2.75) is 18.2 Å². The molecule has 0 saturated carbocycles. The molecule has 30 heavy (non-hydrogen) atoms. The van der Waals surface area contributed by atoms with Crippen LogP contribution in [0.5, 0.6) is 0 Å². The molecule has 0 atom stereocenters. The molecule has 1 N–H and O–H groups in total. The summed E-state index contributed by atoms with van der Waals surface area (Å²) < 4.78 is 30.7. The van der Waals surface area contributed by atoms with Crippen LogP contribution in [-0.4, -0.2) is 45.4 Å². The van der Waals surface area contributed by atoms with Crippen LogP contribution in [0.4, 0.5) is 0 Å². The Labute approximate surface area is 177 Å². The van der Waals surface area contributed by atoms with E-state index in [-0.39, 0.29) is 17.2 Å². The summed E-state index contributed by atoms with van der Waals surface area (Å²) in [7, 11) is -1.67. The first-order valence-corrected chi connectivity index (χ1v) is 11.5. The molecule has 1 aromatic heterocycles. The number of nitrogens with zero attached hydrogens (tertiary/aromatic N) is 1. The second-order valence-corrected chi connectivity index (χ2v) is 9.14.